The van der Waals surface area contributed by atoms with Crippen LogP contribution in [0.15, 0.2) is 60.2 Å². The van der Waals surface area contributed by atoms with E-state index in [1.54, 1.807) is 11.1 Å². The van der Waals surface area contributed by atoms with Gasteiger partial charge in [-0.05, 0) is 109 Å². The van der Waals surface area contributed by atoms with Gasteiger partial charge in [0.05, 0.1) is 0 Å². The first-order chi connectivity index (χ1) is 15.0. The molecule has 0 aromatic heterocycles. The molecule has 4 aliphatic carbocycles. The Morgan fingerprint density at radius 2 is 1.65 bits per heavy atom. The van der Waals surface area contributed by atoms with E-state index < -0.39 is 0 Å². The van der Waals surface area contributed by atoms with Gasteiger partial charge in [0.2, 0.25) is 0 Å². The molecule has 4 aliphatic rings. The van der Waals surface area contributed by atoms with Crippen LogP contribution in [0.25, 0.3) is 16.3 Å². The Kier molecular flexibility index (Phi) is 4.52. The van der Waals surface area contributed by atoms with Crippen molar-refractivity contribution in [2.45, 2.75) is 64.8 Å². The second kappa shape index (κ2) is 7.07. The first-order valence-corrected chi connectivity index (χ1v) is 12.6. The number of nitrogens with one attached hydrogen (secondary N) is 1. The van der Waals surface area contributed by atoms with Gasteiger partial charge in [0.25, 0.3) is 0 Å². The zero-order valence-corrected chi connectivity index (χ0v) is 19.5. The molecule has 0 unspecified atom stereocenters. The quantitative estimate of drug-likeness (QED) is 0.508. The van der Waals surface area contributed by atoms with Crippen LogP contribution < -0.4 is 5.32 Å². The molecule has 6 atom stereocenters. The zero-order valence-electron chi connectivity index (χ0n) is 19.5. The number of fused-ring (bicyclic) bond motifs is 6. The fourth-order valence-electron chi connectivity index (χ4n) is 8.28. The van der Waals surface area contributed by atoms with Crippen molar-refractivity contribution in [3.05, 3.63) is 65.8 Å². The lowest BCUT2D eigenvalue weighted by Crippen LogP contribution is -2.50. The Hall–Kier alpha value is -1.86. The second-order valence-electron chi connectivity index (χ2n) is 11.4. The van der Waals surface area contributed by atoms with E-state index in [0.29, 0.717) is 16.9 Å². The van der Waals surface area contributed by atoms with Gasteiger partial charge < -0.3 is 5.32 Å². The van der Waals surface area contributed by atoms with Crippen LogP contribution in [-0.4, -0.2) is 13.1 Å². The smallest absolute Gasteiger partial charge is 0.0102 e. The zero-order chi connectivity index (χ0) is 21.2. The molecule has 0 bridgehead atoms. The number of hydrogen-bond acceptors (Lipinski definition) is 1. The molecule has 2 aromatic rings. The Morgan fingerprint density at radius 1 is 0.839 bits per heavy atom. The molecular weight excluding hydrogens is 374 g/mol. The summed E-state index contributed by atoms with van der Waals surface area (Å²) in [5.74, 6) is 2.55. The van der Waals surface area contributed by atoms with Gasteiger partial charge in [0, 0.05) is 6.04 Å². The molecule has 162 valence electrons. The molecule has 31 heavy (non-hydrogen) atoms. The van der Waals surface area contributed by atoms with E-state index in [9.17, 15) is 0 Å². The van der Waals surface area contributed by atoms with Crippen molar-refractivity contribution in [2.24, 2.45) is 28.6 Å². The summed E-state index contributed by atoms with van der Waals surface area (Å²) >= 11 is 0. The van der Waals surface area contributed by atoms with Gasteiger partial charge >= 0.3 is 0 Å². The van der Waals surface area contributed by atoms with E-state index in [0.717, 1.165) is 17.8 Å². The number of allylic oxidation sites excluding steroid dienone is 3. The van der Waals surface area contributed by atoms with Gasteiger partial charge in [0.15, 0.2) is 0 Å². The van der Waals surface area contributed by atoms with Crippen LogP contribution >= 0.6 is 0 Å². The Morgan fingerprint density at radius 3 is 2.48 bits per heavy atom. The summed E-state index contributed by atoms with van der Waals surface area (Å²) in [6, 6.07) is 16.6. The summed E-state index contributed by atoms with van der Waals surface area (Å²) in [5, 5.41) is 6.28. The third kappa shape index (κ3) is 2.85. The molecule has 0 aliphatic heterocycles. The highest BCUT2D eigenvalue weighted by molar-refractivity contribution is 5.87. The Balaban J connectivity index is 1.32. The number of rotatable bonds is 2. The number of benzene rings is 2. The molecule has 1 heteroatoms. The summed E-state index contributed by atoms with van der Waals surface area (Å²) in [5.41, 5.74) is 5.68. The third-order valence-electron chi connectivity index (χ3n) is 10.2. The van der Waals surface area contributed by atoms with Gasteiger partial charge in [-0.3, -0.25) is 0 Å². The lowest BCUT2D eigenvalue weighted by atomic mass is 9.47. The standard InChI is InChI=1S/C30H37N/c1-29-16-14-24(31-3)19-23(29)10-11-25-27-13-12-26(30(27,2)17-15-28(25)29)22-9-8-20-6-4-5-7-21(20)18-22/h4-10,12,18,24-25,27-28,31H,11,13-17,19H2,1-3H3/t24-,25-,27-,28-,29-,30+/m0/s1. The summed E-state index contributed by atoms with van der Waals surface area (Å²) < 4.78 is 0. The van der Waals surface area contributed by atoms with E-state index in [-0.39, 0.29) is 0 Å². The van der Waals surface area contributed by atoms with Crippen molar-refractivity contribution >= 4 is 16.3 Å². The highest BCUT2D eigenvalue weighted by atomic mass is 14.9. The fraction of sp³-hybridized carbons (Fsp3) is 0.533. The van der Waals surface area contributed by atoms with Gasteiger partial charge in [-0.25, -0.2) is 0 Å². The first kappa shape index (κ1) is 19.8. The second-order valence-corrected chi connectivity index (χ2v) is 11.4. The van der Waals surface area contributed by atoms with Crippen molar-refractivity contribution in [1.29, 1.82) is 0 Å². The van der Waals surface area contributed by atoms with E-state index in [1.807, 2.05) is 0 Å². The van der Waals surface area contributed by atoms with Crippen molar-refractivity contribution in [1.82, 2.24) is 5.32 Å². The summed E-state index contributed by atoms with van der Waals surface area (Å²) in [4.78, 5) is 0. The largest absolute Gasteiger partial charge is 0.317 e. The lowest BCUT2D eigenvalue weighted by Gasteiger charge is -2.58. The van der Waals surface area contributed by atoms with Gasteiger partial charge in [-0.15, -0.1) is 0 Å². The minimum atomic E-state index is 0.341. The predicted molar refractivity (Wildman–Crippen MR) is 132 cm³/mol. The van der Waals surface area contributed by atoms with E-state index in [4.69, 9.17) is 0 Å². The van der Waals surface area contributed by atoms with Gasteiger partial charge in [-0.2, -0.15) is 0 Å². The molecular formula is C30H37N. The average molecular weight is 412 g/mol. The van der Waals surface area contributed by atoms with Crippen LogP contribution in [0, 0.1) is 28.6 Å². The van der Waals surface area contributed by atoms with Crippen LogP contribution in [0.4, 0.5) is 0 Å². The Bertz CT molecular complexity index is 1080. The molecule has 0 heterocycles. The van der Waals surface area contributed by atoms with E-state index >= 15 is 0 Å². The van der Waals surface area contributed by atoms with Crippen molar-refractivity contribution < 1.29 is 0 Å². The van der Waals surface area contributed by atoms with Gasteiger partial charge in [0.1, 0.15) is 0 Å². The maximum absolute atomic E-state index is 3.56. The van der Waals surface area contributed by atoms with Crippen LogP contribution in [0.3, 0.4) is 0 Å². The lowest BCUT2D eigenvalue weighted by molar-refractivity contribution is -0.0122. The molecule has 0 amide bonds. The Labute approximate surface area is 188 Å². The average Bonchev–Trinajstić information content (AvgIpc) is 3.15. The van der Waals surface area contributed by atoms with Crippen LogP contribution in [0.1, 0.15) is 64.4 Å². The van der Waals surface area contributed by atoms with Crippen LogP contribution in [-0.2, 0) is 0 Å². The topological polar surface area (TPSA) is 12.0 Å². The normalized spacial score (nSPS) is 39.3. The van der Waals surface area contributed by atoms with Crippen molar-refractivity contribution in [3.8, 4) is 0 Å². The van der Waals surface area contributed by atoms with Gasteiger partial charge in [-0.1, -0.05) is 68.0 Å². The minimum absolute atomic E-state index is 0.341. The molecule has 2 fully saturated rings. The predicted octanol–water partition coefficient (Wildman–Crippen LogP) is 7.38. The monoisotopic (exact) mass is 411 g/mol. The molecule has 0 spiro atoms. The molecule has 1 nitrogen and oxygen atoms in total. The third-order valence-corrected chi connectivity index (χ3v) is 10.2. The summed E-state index contributed by atoms with van der Waals surface area (Å²) in [6.07, 6.45) is 14.6. The summed E-state index contributed by atoms with van der Waals surface area (Å²) in [6.45, 7) is 5.22. The highest BCUT2D eigenvalue weighted by Gasteiger charge is 2.56. The van der Waals surface area contributed by atoms with Crippen LogP contribution in [0.2, 0.25) is 0 Å². The maximum atomic E-state index is 3.56. The maximum Gasteiger partial charge on any atom is 0.0102 e. The number of hydrogen-bond donors (Lipinski definition) is 1. The molecule has 0 radical (unpaired) electrons. The van der Waals surface area contributed by atoms with E-state index in [2.05, 4.69) is 80.8 Å². The van der Waals surface area contributed by atoms with Crippen LogP contribution in [0.5, 0.6) is 0 Å². The summed E-state index contributed by atoms with van der Waals surface area (Å²) in [7, 11) is 2.14. The molecule has 2 saturated carbocycles. The SMILES string of the molecule is CN[C@H]1CC[C@@]2(C)C(=CC[C@@H]3[C@@H]2CC[C@]2(C)C(c4ccc5ccccc5c4)=CC[C@@H]32)C1. The molecule has 6 rings (SSSR count). The molecule has 1 N–H and O–H groups in total. The fourth-order valence-corrected chi connectivity index (χ4v) is 8.28. The molecule has 0 saturated heterocycles. The molecule has 2 aromatic carbocycles. The highest BCUT2D eigenvalue weighted by Crippen LogP contribution is 2.66. The van der Waals surface area contributed by atoms with Crippen molar-refractivity contribution in [2.75, 3.05) is 7.05 Å². The van der Waals surface area contributed by atoms with E-state index in [1.165, 1.54) is 61.3 Å². The first-order valence-electron chi connectivity index (χ1n) is 12.6. The minimum Gasteiger partial charge on any atom is -0.317 e. The van der Waals surface area contributed by atoms with Crippen molar-refractivity contribution in [3.63, 3.8) is 0 Å².